The summed E-state index contributed by atoms with van der Waals surface area (Å²) in [6.45, 7) is 2.26. The lowest BCUT2D eigenvalue weighted by Crippen LogP contribution is -2.38. The van der Waals surface area contributed by atoms with Gasteiger partial charge in [0.25, 0.3) is 5.91 Å². The zero-order valence-electron chi connectivity index (χ0n) is 13.7. The van der Waals surface area contributed by atoms with E-state index in [0.717, 1.165) is 29.8 Å². The van der Waals surface area contributed by atoms with Crippen LogP contribution in [0.4, 0.5) is 5.00 Å². The average molecular weight is 344 g/mol. The molecule has 0 saturated carbocycles. The van der Waals surface area contributed by atoms with Crippen molar-refractivity contribution in [3.63, 3.8) is 0 Å². The van der Waals surface area contributed by atoms with Crippen molar-refractivity contribution < 1.29 is 14.6 Å². The first-order valence-corrected chi connectivity index (χ1v) is 8.98. The van der Waals surface area contributed by atoms with Gasteiger partial charge in [-0.2, -0.15) is 0 Å². The van der Waals surface area contributed by atoms with Crippen molar-refractivity contribution in [2.24, 2.45) is 5.92 Å². The molecule has 126 valence electrons. The summed E-state index contributed by atoms with van der Waals surface area (Å²) in [4.78, 5) is 14.0. The van der Waals surface area contributed by atoms with Crippen molar-refractivity contribution in [3.05, 3.63) is 39.8 Å². The van der Waals surface area contributed by atoms with Crippen molar-refractivity contribution >= 4 is 22.2 Å². The Kier molecular flexibility index (Phi) is 3.64. The van der Waals surface area contributed by atoms with Crippen LogP contribution in [0.2, 0.25) is 0 Å². The molecule has 1 aromatic heterocycles. The van der Waals surface area contributed by atoms with Crippen molar-refractivity contribution in [1.29, 1.82) is 0 Å². The van der Waals surface area contributed by atoms with Crippen molar-refractivity contribution in [2.45, 2.75) is 32.4 Å². The fraction of sp³-hybridized carbons (Fsp3) is 0.389. The highest BCUT2D eigenvalue weighted by molar-refractivity contribution is 7.16. The van der Waals surface area contributed by atoms with Crippen LogP contribution >= 0.6 is 11.3 Å². The summed E-state index contributed by atoms with van der Waals surface area (Å²) in [7, 11) is 1.51. The average Bonchev–Trinajstić information content (AvgIpc) is 2.92. The predicted molar refractivity (Wildman–Crippen MR) is 94.0 cm³/mol. The molecule has 0 radical (unpaired) electrons. The Hall–Kier alpha value is -2.21. The summed E-state index contributed by atoms with van der Waals surface area (Å²) in [5.41, 5.74) is 2.60. The molecule has 2 unspecified atom stereocenters. The molecular formula is C18H20N2O3S. The van der Waals surface area contributed by atoms with Gasteiger partial charge in [-0.15, -0.1) is 11.3 Å². The molecule has 1 aliphatic carbocycles. The minimum atomic E-state index is -0.461. The summed E-state index contributed by atoms with van der Waals surface area (Å²) < 4.78 is 5.16. The monoisotopic (exact) mass is 344 g/mol. The van der Waals surface area contributed by atoms with Gasteiger partial charge in [-0.25, -0.2) is 0 Å². The molecular weight excluding hydrogens is 324 g/mol. The Morgan fingerprint density at radius 2 is 2.17 bits per heavy atom. The number of carbonyl (C=O) groups excluding carboxylic acids is 1. The van der Waals surface area contributed by atoms with Crippen molar-refractivity contribution in [3.8, 4) is 11.5 Å². The Balaban J connectivity index is 1.71. The second-order valence-electron chi connectivity index (χ2n) is 6.50. The molecule has 2 aliphatic rings. The maximum absolute atomic E-state index is 12.7. The molecule has 1 aliphatic heterocycles. The Morgan fingerprint density at radius 3 is 2.96 bits per heavy atom. The van der Waals surface area contributed by atoms with E-state index in [1.54, 1.807) is 29.5 Å². The van der Waals surface area contributed by atoms with E-state index >= 15 is 0 Å². The van der Waals surface area contributed by atoms with Crippen molar-refractivity contribution in [2.75, 3.05) is 12.4 Å². The molecule has 3 N–H and O–H groups in total. The fourth-order valence-electron chi connectivity index (χ4n) is 3.56. The number of methoxy groups -OCH3 is 1. The molecule has 0 saturated heterocycles. The van der Waals surface area contributed by atoms with Crippen molar-refractivity contribution in [1.82, 2.24) is 5.32 Å². The van der Waals surface area contributed by atoms with Crippen LogP contribution in [-0.4, -0.2) is 18.1 Å². The molecule has 6 heteroatoms. The second-order valence-corrected chi connectivity index (χ2v) is 7.61. The van der Waals surface area contributed by atoms with Gasteiger partial charge in [0.05, 0.1) is 12.7 Å². The van der Waals surface area contributed by atoms with E-state index in [9.17, 15) is 9.90 Å². The number of ether oxygens (including phenoxy) is 1. The summed E-state index contributed by atoms with van der Waals surface area (Å²) in [5.74, 6) is 1.05. The first-order chi connectivity index (χ1) is 11.6. The molecule has 0 spiro atoms. The third kappa shape index (κ3) is 2.33. The highest BCUT2D eigenvalue weighted by Crippen LogP contribution is 2.44. The number of anilines is 1. The summed E-state index contributed by atoms with van der Waals surface area (Å²) >= 11 is 1.67. The van der Waals surface area contributed by atoms with E-state index in [2.05, 4.69) is 17.6 Å². The van der Waals surface area contributed by atoms with Crippen LogP contribution < -0.4 is 15.4 Å². The van der Waals surface area contributed by atoms with Crippen LogP contribution in [-0.2, 0) is 12.8 Å². The van der Waals surface area contributed by atoms with Gasteiger partial charge >= 0.3 is 0 Å². The van der Waals surface area contributed by atoms with E-state index in [1.807, 2.05) is 0 Å². The SMILES string of the molecule is COc1cccc(C2NC(=O)c3c(sc4c3CCC(C)C4)N2)c1O. The fourth-order valence-corrected chi connectivity index (χ4v) is 4.99. The Labute approximate surface area is 144 Å². The number of phenolic OH excluding ortho intramolecular Hbond substituents is 1. The minimum absolute atomic E-state index is 0.0520. The maximum Gasteiger partial charge on any atom is 0.256 e. The number of nitrogens with one attached hydrogen (secondary N) is 2. The number of hydrogen-bond donors (Lipinski definition) is 3. The number of carbonyl (C=O) groups is 1. The summed E-state index contributed by atoms with van der Waals surface area (Å²) in [5, 5.41) is 17.6. The van der Waals surface area contributed by atoms with Crippen LogP contribution in [0.25, 0.3) is 0 Å². The van der Waals surface area contributed by atoms with Gasteiger partial charge in [-0.05, 0) is 36.8 Å². The van der Waals surface area contributed by atoms with E-state index in [-0.39, 0.29) is 11.7 Å². The zero-order chi connectivity index (χ0) is 16.8. The molecule has 5 nitrogen and oxygen atoms in total. The number of benzene rings is 1. The van der Waals surface area contributed by atoms with Gasteiger partial charge in [-0.1, -0.05) is 19.1 Å². The van der Waals surface area contributed by atoms with Crippen LogP contribution in [0.3, 0.4) is 0 Å². The predicted octanol–water partition coefficient (Wildman–Crippen LogP) is 3.44. The molecule has 2 atom stereocenters. The first kappa shape index (κ1) is 15.3. The Morgan fingerprint density at radius 1 is 1.33 bits per heavy atom. The number of aromatic hydroxyl groups is 1. The molecule has 24 heavy (non-hydrogen) atoms. The van der Waals surface area contributed by atoms with Gasteiger partial charge in [0.2, 0.25) is 0 Å². The normalized spacial score (nSPS) is 22.2. The molecule has 1 amide bonds. The molecule has 1 aromatic carbocycles. The maximum atomic E-state index is 12.7. The standard InChI is InChI=1S/C18H20N2O3S/c1-9-6-7-10-13(8-9)24-18-14(10)17(22)19-16(20-18)11-4-3-5-12(23-2)15(11)21/h3-5,9,16,20-21H,6-8H2,1-2H3,(H,19,22). The highest BCUT2D eigenvalue weighted by atomic mass is 32.1. The number of amides is 1. The smallest absolute Gasteiger partial charge is 0.256 e. The van der Waals surface area contributed by atoms with Crippen LogP contribution in [0, 0.1) is 5.92 Å². The third-order valence-electron chi connectivity index (χ3n) is 4.85. The highest BCUT2D eigenvalue weighted by Gasteiger charge is 2.34. The number of fused-ring (bicyclic) bond motifs is 3. The van der Waals surface area contributed by atoms with Gasteiger partial charge in [-0.3, -0.25) is 4.79 Å². The summed E-state index contributed by atoms with van der Waals surface area (Å²) in [6, 6.07) is 5.29. The van der Waals surface area contributed by atoms with Gasteiger partial charge in [0, 0.05) is 10.4 Å². The second kappa shape index (κ2) is 5.70. The Bertz CT molecular complexity index is 815. The largest absolute Gasteiger partial charge is 0.504 e. The van der Waals surface area contributed by atoms with Crippen LogP contribution in [0.15, 0.2) is 18.2 Å². The molecule has 2 aromatic rings. The van der Waals surface area contributed by atoms with Crippen LogP contribution in [0.5, 0.6) is 11.5 Å². The van der Waals surface area contributed by atoms with Crippen LogP contribution in [0.1, 0.15) is 45.9 Å². The lowest BCUT2D eigenvalue weighted by Gasteiger charge is -2.27. The van der Waals surface area contributed by atoms with E-state index < -0.39 is 6.17 Å². The number of thiophene rings is 1. The lowest BCUT2D eigenvalue weighted by molar-refractivity contribution is 0.0934. The summed E-state index contributed by atoms with van der Waals surface area (Å²) in [6.07, 6.45) is 2.67. The first-order valence-electron chi connectivity index (χ1n) is 8.16. The molecule has 4 rings (SSSR count). The third-order valence-corrected chi connectivity index (χ3v) is 6.04. The zero-order valence-corrected chi connectivity index (χ0v) is 14.5. The van der Waals surface area contributed by atoms with Gasteiger partial charge in [0.15, 0.2) is 11.5 Å². The topological polar surface area (TPSA) is 70.6 Å². The molecule has 0 bridgehead atoms. The number of para-hydroxylation sites is 1. The van der Waals surface area contributed by atoms with Gasteiger partial charge < -0.3 is 20.5 Å². The van der Waals surface area contributed by atoms with E-state index in [4.69, 9.17) is 4.74 Å². The van der Waals surface area contributed by atoms with E-state index in [1.165, 1.54) is 17.6 Å². The quantitative estimate of drug-likeness (QED) is 0.780. The molecule has 0 fully saturated rings. The lowest BCUT2D eigenvalue weighted by atomic mass is 9.88. The number of hydrogen-bond acceptors (Lipinski definition) is 5. The number of rotatable bonds is 2. The minimum Gasteiger partial charge on any atom is -0.504 e. The molecule has 2 heterocycles. The van der Waals surface area contributed by atoms with E-state index in [0.29, 0.717) is 17.2 Å². The van der Waals surface area contributed by atoms with Gasteiger partial charge in [0.1, 0.15) is 11.2 Å². The number of phenols is 1.